The van der Waals surface area contributed by atoms with Gasteiger partial charge in [0.25, 0.3) is 0 Å². The molecule has 2 rings (SSSR count). The van der Waals surface area contributed by atoms with Crippen LogP contribution in [0.4, 0.5) is 0 Å². The van der Waals surface area contributed by atoms with E-state index in [1.54, 1.807) is 0 Å². The zero-order valence-electron chi connectivity index (χ0n) is 12.7. The Morgan fingerprint density at radius 3 is 2.65 bits per heavy atom. The predicted molar refractivity (Wildman–Crippen MR) is 81.2 cm³/mol. The monoisotopic (exact) mass is 270 g/mol. The molecule has 1 aromatic carbocycles. The van der Waals surface area contributed by atoms with Crippen LogP contribution in [0.15, 0.2) is 24.3 Å². The van der Waals surface area contributed by atoms with Gasteiger partial charge in [0.15, 0.2) is 0 Å². The fourth-order valence-corrected chi connectivity index (χ4v) is 2.63. The highest BCUT2D eigenvalue weighted by Gasteiger charge is 2.21. The van der Waals surface area contributed by atoms with Crippen LogP contribution in [0, 0.1) is 17.2 Å². The van der Waals surface area contributed by atoms with E-state index in [4.69, 9.17) is 10.2 Å². The van der Waals surface area contributed by atoms with Crippen LogP contribution < -0.4 is 0 Å². The molecule has 0 saturated heterocycles. The molecule has 0 N–H and O–H groups in total. The second kappa shape index (κ2) is 6.06. The van der Waals surface area contributed by atoms with E-state index < -0.39 is 0 Å². The third-order valence-corrected chi connectivity index (χ3v) is 3.67. The van der Waals surface area contributed by atoms with E-state index >= 15 is 0 Å². The summed E-state index contributed by atoms with van der Waals surface area (Å²) in [6.07, 6.45) is 0.997. The van der Waals surface area contributed by atoms with Gasteiger partial charge in [0.2, 0.25) is 0 Å². The van der Waals surface area contributed by atoms with Crippen LogP contribution in [0.2, 0.25) is 0 Å². The van der Waals surface area contributed by atoms with Gasteiger partial charge in [0, 0.05) is 6.54 Å². The fraction of sp³-hybridized carbons (Fsp3) is 0.500. The quantitative estimate of drug-likeness (QED) is 0.838. The number of imidazole rings is 1. The highest BCUT2D eigenvalue weighted by Crippen LogP contribution is 2.26. The van der Waals surface area contributed by atoms with Crippen LogP contribution in [0.5, 0.6) is 0 Å². The highest BCUT2D eigenvalue weighted by molar-refractivity contribution is 5.76. The first-order chi connectivity index (χ1) is 9.58. The number of rotatable bonds is 5. The first-order valence-electron chi connectivity index (χ1n) is 7.09. The Labute approximate surface area is 120 Å². The Balaban J connectivity index is 2.57. The normalized spacial score (nSPS) is 14.4. The average Bonchev–Trinajstić information content (AvgIpc) is 2.78. The van der Waals surface area contributed by atoms with E-state index in [2.05, 4.69) is 42.6 Å². The summed E-state index contributed by atoms with van der Waals surface area (Å²) in [6, 6.07) is 10.7. The van der Waals surface area contributed by atoms with E-state index in [1.807, 2.05) is 25.1 Å². The maximum atomic E-state index is 9.11. The SMILES string of the molecule is CCC(c1nc2ccccc2n1CC(C)C#N)N(C)C. The molecule has 0 amide bonds. The lowest BCUT2D eigenvalue weighted by Gasteiger charge is -2.23. The van der Waals surface area contributed by atoms with Gasteiger partial charge in [-0.1, -0.05) is 19.1 Å². The second-order valence-corrected chi connectivity index (χ2v) is 5.49. The number of nitriles is 1. The zero-order chi connectivity index (χ0) is 14.7. The Morgan fingerprint density at radius 2 is 2.05 bits per heavy atom. The summed E-state index contributed by atoms with van der Waals surface area (Å²) in [5, 5.41) is 9.11. The number of nitrogens with zero attached hydrogens (tertiary/aromatic N) is 4. The van der Waals surface area contributed by atoms with Gasteiger partial charge in [-0.15, -0.1) is 0 Å². The van der Waals surface area contributed by atoms with Crippen molar-refractivity contribution in [3.63, 3.8) is 0 Å². The zero-order valence-corrected chi connectivity index (χ0v) is 12.7. The van der Waals surface area contributed by atoms with E-state index in [-0.39, 0.29) is 12.0 Å². The lowest BCUT2D eigenvalue weighted by molar-refractivity contribution is 0.272. The van der Waals surface area contributed by atoms with Crippen molar-refractivity contribution in [2.24, 2.45) is 5.92 Å². The molecule has 2 unspecified atom stereocenters. The maximum Gasteiger partial charge on any atom is 0.127 e. The van der Waals surface area contributed by atoms with Crippen LogP contribution in [-0.2, 0) is 6.54 Å². The molecule has 0 saturated carbocycles. The third-order valence-electron chi connectivity index (χ3n) is 3.67. The van der Waals surface area contributed by atoms with Gasteiger partial charge in [0.05, 0.1) is 29.1 Å². The molecule has 106 valence electrons. The summed E-state index contributed by atoms with van der Waals surface area (Å²) in [5.41, 5.74) is 2.12. The van der Waals surface area contributed by atoms with E-state index in [1.165, 1.54) is 0 Å². The first-order valence-corrected chi connectivity index (χ1v) is 7.09. The second-order valence-electron chi connectivity index (χ2n) is 5.49. The Morgan fingerprint density at radius 1 is 1.35 bits per heavy atom. The molecule has 0 aliphatic rings. The lowest BCUT2D eigenvalue weighted by atomic mass is 10.1. The number of aromatic nitrogens is 2. The van der Waals surface area contributed by atoms with Crippen molar-refractivity contribution in [1.29, 1.82) is 5.26 Å². The summed E-state index contributed by atoms with van der Waals surface area (Å²) < 4.78 is 2.21. The summed E-state index contributed by atoms with van der Waals surface area (Å²) in [6.45, 7) is 4.81. The lowest BCUT2D eigenvalue weighted by Crippen LogP contribution is -2.24. The van der Waals surface area contributed by atoms with E-state index in [9.17, 15) is 0 Å². The smallest absolute Gasteiger partial charge is 0.127 e. The molecule has 4 nitrogen and oxygen atoms in total. The van der Waals surface area contributed by atoms with Gasteiger partial charge in [0.1, 0.15) is 5.82 Å². The van der Waals surface area contributed by atoms with Crippen LogP contribution >= 0.6 is 0 Å². The predicted octanol–water partition coefficient (Wildman–Crippen LogP) is 3.21. The van der Waals surface area contributed by atoms with Gasteiger partial charge in [-0.25, -0.2) is 4.98 Å². The molecule has 2 atom stereocenters. The summed E-state index contributed by atoms with van der Waals surface area (Å²) >= 11 is 0. The standard InChI is InChI=1S/C16H22N4/c1-5-14(19(3)4)16-18-13-8-6-7-9-15(13)20(16)11-12(2)10-17/h6-9,12,14H,5,11H2,1-4H3. The van der Waals surface area contributed by atoms with Gasteiger partial charge >= 0.3 is 0 Å². The first kappa shape index (κ1) is 14.5. The topological polar surface area (TPSA) is 44.9 Å². The minimum absolute atomic E-state index is 0.0222. The Bertz CT molecular complexity index is 621. The molecular formula is C16H22N4. The van der Waals surface area contributed by atoms with E-state index in [0.717, 1.165) is 23.3 Å². The number of benzene rings is 1. The van der Waals surface area contributed by atoms with Gasteiger partial charge in [-0.05, 0) is 39.6 Å². The van der Waals surface area contributed by atoms with Gasteiger partial charge in [-0.3, -0.25) is 4.90 Å². The molecule has 1 heterocycles. The molecule has 0 fully saturated rings. The minimum atomic E-state index is -0.0222. The molecule has 0 aliphatic heterocycles. The van der Waals surface area contributed by atoms with Crippen LogP contribution in [0.3, 0.4) is 0 Å². The van der Waals surface area contributed by atoms with Crippen LogP contribution in [-0.4, -0.2) is 28.5 Å². The van der Waals surface area contributed by atoms with Crippen molar-refractivity contribution in [2.75, 3.05) is 14.1 Å². The maximum absolute atomic E-state index is 9.11. The largest absolute Gasteiger partial charge is 0.325 e. The number of para-hydroxylation sites is 2. The molecule has 2 aromatic rings. The minimum Gasteiger partial charge on any atom is -0.325 e. The third kappa shape index (κ3) is 2.68. The Hall–Kier alpha value is -1.86. The molecule has 0 spiro atoms. The van der Waals surface area contributed by atoms with Gasteiger partial charge < -0.3 is 4.57 Å². The molecule has 4 heteroatoms. The van der Waals surface area contributed by atoms with Crippen LogP contribution in [0.1, 0.15) is 32.1 Å². The van der Waals surface area contributed by atoms with Crippen molar-refractivity contribution in [2.45, 2.75) is 32.9 Å². The molecular weight excluding hydrogens is 248 g/mol. The van der Waals surface area contributed by atoms with Crippen molar-refractivity contribution in [3.8, 4) is 6.07 Å². The Kier molecular flexibility index (Phi) is 4.41. The molecule has 0 aliphatic carbocycles. The van der Waals surface area contributed by atoms with Gasteiger partial charge in [-0.2, -0.15) is 5.26 Å². The van der Waals surface area contributed by atoms with Crippen molar-refractivity contribution in [1.82, 2.24) is 14.5 Å². The fourth-order valence-electron chi connectivity index (χ4n) is 2.63. The van der Waals surface area contributed by atoms with E-state index in [0.29, 0.717) is 6.54 Å². The summed E-state index contributed by atoms with van der Waals surface area (Å²) in [4.78, 5) is 6.99. The summed E-state index contributed by atoms with van der Waals surface area (Å²) in [7, 11) is 4.15. The van der Waals surface area contributed by atoms with Crippen molar-refractivity contribution in [3.05, 3.63) is 30.1 Å². The van der Waals surface area contributed by atoms with Crippen molar-refractivity contribution >= 4 is 11.0 Å². The van der Waals surface area contributed by atoms with Crippen molar-refractivity contribution < 1.29 is 0 Å². The number of fused-ring (bicyclic) bond motifs is 1. The average molecular weight is 270 g/mol. The molecule has 0 radical (unpaired) electrons. The molecule has 1 aromatic heterocycles. The molecule has 20 heavy (non-hydrogen) atoms. The van der Waals surface area contributed by atoms with Crippen LogP contribution in [0.25, 0.3) is 11.0 Å². The summed E-state index contributed by atoms with van der Waals surface area (Å²) in [5.74, 6) is 1.03. The highest BCUT2D eigenvalue weighted by atomic mass is 15.2. The number of hydrogen-bond donors (Lipinski definition) is 0. The molecule has 0 bridgehead atoms. The number of hydrogen-bond acceptors (Lipinski definition) is 3.